The van der Waals surface area contributed by atoms with Gasteiger partial charge in [-0.3, -0.25) is 0 Å². The fraction of sp³-hybridized carbons (Fsp3) is 0.409. The van der Waals surface area contributed by atoms with Crippen molar-refractivity contribution in [3.8, 4) is 0 Å². The van der Waals surface area contributed by atoms with Crippen LogP contribution in [0.5, 0.6) is 0 Å². The predicted molar refractivity (Wildman–Crippen MR) is 118 cm³/mol. The van der Waals surface area contributed by atoms with Crippen LogP contribution in [0, 0.1) is 12.7 Å². The topological polar surface area (TPSA) is 117 Å². The first kappa shape index (κ1) is 24.1. The van der Waals surface area contributed by atoms with Gasteiger partial charge in [0.1, 0.15) is 11.9 Å². The van der Waals surface area contributed by atoms with E-state index < -0.39 is 34.0 Å². The molecular weight excluding hydrogens is 437 g/mol. The summed E-state index contributed by atoms with van der Waals surface area (Å²) in [6.45, 7) is 1.64. The molecule has 2 amide bonds. The third-order valence-corrected chi connectivity index (χ3v) is 6.96. The predicted octanol–water partition coefficient (Wildman–Crippen LogP) is 2.53. The number of nitrogens with one attached hydrogen (secondary N) is 3. The summed E-state index contributed by atoms with van der Waals surface area (Å²) in [4.78, 5) is 12.5. The molecule has 0 aliphatic carbocycles. The number of hydrogen-bond acceptors (Lipinski definition) is 5. The number of rotatable bonds is 8. The summed E-state index contributed by atoms with van der Waals surface area (Å²) in [5.41, 5.74) is 0.985. The zero-order chi connectivity index (χ0) is 23.1. The number of benzene rings is 2. The van der Waals surface area contributed by atoms with Crippen molar-refractivity contribution in [1.82, 2.24) is 10.0 Å². The van der Waals surface area contributed by atoms with Crippen molar-refractivity contribution < 1.29 is 27.4 Å². The van der Waals surface area contributed by atoms with E-state index in [0.717, 1.165) is 0 Å². The highest BCUT2D eigenvalue weighted by atomic mass is 32.2. The molecule has 1 aliphatic rings. The Morgan fingerprint density at radius 1 is 1.19 bits per heavy atom. The lowest BCUT2D eigenvalue weighted by Gasteiger charge is -2.36. The largest absolute Gasteiger partial charge is 0.394 e. The molecule has 4 N–H and O–H groups in total. The molecular formula is C22H28FN3O5S. The van der Waals surface area contributed by atoms with Crippen LogP contribution in [-0.4, -0.2) is 51.0 Å². The summed E-state index contributed by atoms with van der Waals surface area (Å²) in [5.74, 6) is -0.460. The van der Waals surface area contributed by atoms with Gasteiger partial charge in [-0.15, -0.1) is 0 Å². The van der Waals surface area contributed by atoms with Crippen LogP contribution in [0.25, 0.3) is 0 Å². The molecule has 32 heavy (non-hydrogen) atoms. The van der Waals surface area contributed by atoms with Crippen LogP contribution in [0.15, 0.2) is 53.4 Å². The molecule has 2 aromatic carbocycles. The van der Waals surface area contributed by atoms with E-state index in [1.54, 1.807) is 37.3 Å². The van der Waals surface area contributed by atoms with Gasteiger partial charge in [-0.2, -0.15) is 0 Å². The Morgan fingerprint density at radius 2 is 1.97 bits per heavy atom. The second-order valence-electron chi connectivity index (χ2n) is 7.72. The number of anilines is 1. The third-order valence-electron chi connectivity index (χ3n) is 5.34. The van der Waals surface area contributed by atoms with Crippen molar-refractivity contribution in [3.63, 3.8) is 0 Å². The maximum atomic E-state index is 13.3. The molecule has 0 saturated carbocycles. The van der Waals surface area contributed by atoms with Gasteiger partial charge in [-0.05, 0) is 56.0 Å². The number of sulfonamides is 1. The first-order valence-corrected chi connectivity index (χ1v) is 11.9. The molecule has 0 unspecified atom stereocenters. The van der Waals surface area contributed by atoms with E-state index in [-0.39, 0.29) is 24.2 Å². The Bertz CT molecular complexity index is 1030. The first-order chi connectivity index (χ1) is 15.3. The minimum absolute atomic E-state index is 0.192. The number of carbonyl (C=O) groups excluding carboxylic acids is 1. The quantitative estimate of drug-likeness (QED) is 0.478. The van der Waals surface area contributed by atoms with Crippen LogP contribution in [0.2, 0.25) is 0 Å². The molecule has 174 valence electrons. The van der Waals surface area contributed by atoms with Crippen LogP contribution < -0.4 is 15.4 Å². The Kier molecular flexibility index (Phi) is 8.19. The van der Waals surface area contributed by atoms with Crippen LogP contribution >= 0.6 is 0 Å². The van der Waals surface area contributed by atoms with Crippen molar-refractivity contribution in [1.29, 1.82) is 0 Å². The summed E-state index contributed by atoms with van der Waals surface area (Å²) in [6, 6.07) is 11.3. The molecule has 0 aromatic heterocycles. The molecule has 2 aromatic rings. The minimum Gasteiger partial charge on any atom is -0.394 e. The van der Waals surface area contributed by atoms with Crippen LogP contribution in [0.3, 0.4) is 0 Å². The Balaban J connectivity index is 1.47. The first-order valence-electron chi connectivity index (χ1n) is 10.4. The van der Waals surface area contributed by atoms with Crippen LogP contribution in [-0.2, 0) is 14.8 Å². The number of halogens is 1. The van der Waals surface area contributed by atoms with Crippen molar-refractivity contribution in [2.75, 3.05) is 18.5 Å². The number of hydrogen-bond donors (Lipinski definition) is 4. The number of urea groups is 1. The highest BCUT2D eigenvalue weighted by Crippen LogP contribution is 2.22. The molecule has 0 radical (unpaired) electrons. The normalized spacial score (nSPS) is 21.2. The number of ether oxygens (including phenoxy) is 1. The molecule has 1 heterocycles. The maximum absolute atomic E-state index is 13.3. The van der Waals surface area contributed by atoms with Crippen molar-refractivity contribution >= 4 is 21.7 Å². The zero-order valence-corrected chi connectivity index (χ0v) is 18.6. The SMILES string of the molecule is Cc1ccccc1S(=O)(=O)NCC[C@H]1CC[C@H](NC(=O)Nc2cccc(F)c2)[C@H](CO)O1. The standard InChI is InChI=1S/C22H28FN3O5S/c1-15-5-2-3-8-21(15)32(29,30)24-12-11-18-9-10-19(20(14-27)31-18)26-22(28)25-17-7-4-6-16(23)13-17/h2-8,13,18-20,24,27H,9-12,14H2,1H3,(H2,25,26,28)/t18-,19+,20+/m1/s1. The fourth-order valence-electron chi connectivity index (χ4n) is 3.70. The lowest BCUT2D eigenvalue weighted by molar-refractivity contribution is -0.0884. The van der Waals surface area contributed by atoms with Gasteiger partial charge in [0.15, 0.2) is 0 Å². The average molecular weight is 466 g/mol. The Hall–Kier alpha value is -2.53. The van der Waals surface area contributed by atoms with Gasteiger partial charge in [0.05, 0.1) is 23.6 Å². The maximum Gasteiger partial charge on any atom is 0.319 e. The van der Waals surface area contributed by atoms with E-state index in [0.29, 0.717) is 30.5 Å². The zero-order valence-electron chi connectivity index (χ0n) is 17.8. The molecule has 0 bridgehead atoms. The van der Waals surface area contributed by atoms with Crippen molar-refractivity contribution in [2.24, 2.45) is 0 Å². The summed E-state index contributed by atoms with van der Waals surface area (Å²) < 4.78 is 46.7. The lowest BCUT2D eigenvalue weighted by Crippen LogP contribution is -2.52. The van der Waals surface area contributed by atoms with Crippen molar-refractivity contribution in [3.05, 3.63) is 59.9 Å². The van der Waals surface area contributed by atoms with E-state index >= 15 is 0 Å². The summed E-state index contributed by atoms with van der Waals surface area (Å²) in [7, 11) is -3.62. The Morgan fingerprint density at radius 3 is 2.69 bits per heavy atom. The number of amides is 2. The van der Waals surface area contributed by atoms with Gasteiger partial charge < -0.3 is 20.5 Å². The van der Waals surface area contributed by atoms with Gasteiger partial charge in [0, 0.05) is 12.2 Å². The molecule has 3 atom stereocenters. The number of carbonyl (C=O) groups is 1. The second-order valence-corrected chi connectivity index (χ2v) is 9.46. The average Bonchev–Trinajstić information content (AvgIpc) is 2.74. The molecule has 3 rings (SSSR count). The molecule has 1 aliphatic heterocycles. The second kappa shape index (κ2) is 10.9. The van der Waals surface area contributed by atoms with Gasteiger partial charge in [-0.1, -0.05) is 24.3 Å². The highest BCUT2D eigenvalue weighted by molar-refractivity contribution is 7.89. The van der Waals surface area contributed by atoms with Gasteiger partial charge >= 0.3 is 6.03 Å². The van der Waals surface area contributed by atoms with E-state index in [1.807, 2.05) is 0 Å². The summed E-state index contributed by atoms with van der Waals surface area (Å²) in [5, 5.41) is 15.0. The highest BCUT2D eigenvalue weighted by Gasteiger charge is 2.32. The molecule has 10 heteroatoms. The van der Waals surface area contributed by atoms with E-state index in [9.17, 15) is 22.7 Å². The van der Waals surface area contributed by atoms with Gasteiger partial charge in [0.2, 0.25) is 10.0 Å². The Labute approximate surface area is 187 Å². The lowest BCUT2D eigenvalue weighted by atomic mass is 9.97. The molecule has 1 fully saturated rings. The van der Waals surface area contributed by atoms with Gasteiger partial charge in [-0.25, -0.2) is 22.3 Å². The smallest absolute Gasteiger partial charge is 0.319 e. The molecule has 1 saturated heterocycles. The number of aryl methyl sites for hydroxylation is 1. The van der Waals surface area contributed by atoms with Crippen LogP contribution in [0.4, 0.5) is 14.9 Å². The fourth-order valence-corrected chi connectivity index (χ4v) is 4.99. The molecule has 0 spiro atoms. The van der Waals surface area contributed by atoms with Crippen molar-refractivity contribution in [2.45, 2.75) is 49.3 Å². The number of aliphatic hydroxyl groups is 1. The summed E-state index contributed by atoms with van der Waals surface area (Å²) in [6.07, 6.45) is 0.699. The monoisotopic (exact) mass is 465 g/mol. The van der Waals surface area contributed by atoms with Crippen LogP contribution in [0.1, 0.15) is 24.8 Å². The number of aliphatic hydroxyl groups excluding tert-OH is 1. The van der Waals surface area contributed by atoms with E-state index in [4.69, 9.17) is 4.74 Å². The molecule has 8 nitrogen and oxygen atoms in total. The van der Waals surface area contributed by atoms with E-state index in [1.165, 1.54) is 18.2 Å². The minimum atomic E-state index is -3.62. The summed E-state index contributed by atoms with van der Waals surface area (Å²) >= 11 is 0. The van der Waals surface area contributed by atoms with E-state index in [2.05, 4.69) is 15.4 Å². The third kappa shape index (κ3) is 6.49. The van der Waals surface area contributed by atoms with Gasteiger partial charge in [0.25, 0.3) is 0 Å².